The largest absolute Gasteiger partial charge is 0.496 e. The molecule has 38 heavy (non-hydrogen) atoms. The molecule has 0 unspecified atom stereocenters. The molecule has 4 aromatic rings. The van der Waals surface area contributed by atoms with Gasteiger partial charge in [0.25, 0.3) is 5.91 Å². The van der Waals surface area contributed by atoms with Crippen LogP contribution in [0.2, 0.25) is 0 Å². The van der Waals surface area contributed by atoms with Crippen molar-refractivity contribution in [1.82, 2.24) is 0 Å². The molecule has 0 aromatic heterocycles. The maximum Gasteiger partial charge on any atom is 0.263 e. The number of amides is 2. The number of ether oxygens (including phenoxy) is 2. The van der Waals surface area contributed by atoms with Crippen molar-refractivity contribution in [1.29, 1.82) is 0 Å². The van der Waals surface area contributed by atoms with E-state index in [1.165, 1.54) is 37.1 Å². The number of anilines is 3. The summed E-state index contributed by atoms with van der Waals surface area (Å²) in [6, 6.07) is 28.9. The summed E-state index contributed by atoms with van der Waals surface area (Å²) in [7, 11) is 3.03. The number of nitrogens with one attached hydrogen (secondary N) is 1. The van der Waals surface area contributed by atoms with Crippen molar-refractivity contribution in [2.75, 3.05) is 30.2 Å². The number of para-hydroxylation sites is 2. The molecular weight excluding hydrogens is 496 g/mol. The van der Waals surface area contributed by atoms with Gasteiger partial charge in [0.2, 0.25) is 5.91 Å². The fourth-order valence-electron chi connectivity index (χ4n) is 4.69. The fourth-order valence-corrected chi connectivity index (χ4v) is 5.49. The van der Waals surface area contributed by atoms with Crippen LogP contribution in [-0.4, -0.2) is 31.8 Å². The molecule has 0 aliphatic carbocycles. The molecule has 0 saturated heterocycles. The van der Waals surface area contributed by atoms with Crippen molar-refractivity contribution in [3.63, 3.8) is 0 Å². The first-order valence-electron chi connectivity index (χ1n) is 12.3. The summed E-state index contributed by atoms with van der Waals surface area (Å²) in [6.45, 7) is 0. The third-order valence-corrected chi connectivity index (χ3v) is 7.47. The van der Waals surface area contributed by atoms with Crippen LogP contribution in [-0.2, 0) is 17.6 Å². The van der Waals surface area contributed by atoms with Gasteiger partial charge in [-0.3, -0.25) is 14.5 Å². The molecule has 6 nitrogen and oxygen atoms in total. The lowest BCUT2D eigenvalue weighted by Gasteiger charge is -2.25. The molecule has 0 bridgehead atoms. The Kier molecular flexibility index (Phi) is 7.65. The topological polar surface area (TPSA) is 67.9 Å². The zero-order valence-electron chi connectivity index (χ0n) is 21.3. The van der Waals surface area contributed by atoms with Crippen LogP contribution in [0.3, 0.4) is 0 Å². The van der Waals surface area contributed by atoms with Crippen LogP contribution >= 0.6 is 11.8 Å². The Bertz CT molecular complexity index is 1420. The SMILES string of the molecule is COc1cccc(OC)c1C(=O)Nc1cccc(SCC(=O)N2c3ccccc3CCc3ccccc32)c1. The normalized spacial score (nSPS) is 12.1. The van der Waals surface area contributed by atoms with Crippen LogP contribution in [0, 0.1) is 0 Å². The third kappa shape index (κ3) is 5.24. The van der Waals surface area contributed by atoms with Gasteiger partial charge in [-0.15, -0.1) is 11.8 Å². The van der Waals surface area contributed by atoms with Crippen molar-refractivity contribution in [2.24, 2.45) is 0 Å². The molecule has 1 N–H and O–H groups in total. The molecule has 0 spiro atoms. The zero-order valence-corrected chi connectivity index (χ0v) is 22.1. The monoisotopic (exact) mass is 524 g/mol. The minimum atomic E-state index is -0.338. The highest BCUT2D eigenvalue weighted by Crippen LogP contribution is 2.37. The highest BCUT2D eigenvalue weighted by atomic mass is 32.2. The van der Waals surface area contributed by atoms with Gasteiger partial charge < -0.3 is 14.8 Å². The summed E-state index contributed by atoms with van der Waals surface area (Å²) in [6.07, 6.45) is 1.78. The standard InChI is InChI=1S/C31H28N2O4S/c1-36-27-15-8-16-28(37-2)30(27)31(35)32-23-11-7-12-24(19-23)38-20-29(34)33-25-13-5-3-9-21(25)17-18-22-10-4-6-14-26(22)33/h3-16,19H,17-18,20H2,1-2H3,(H,32,35). The molecule has 4 aromatic carbocycles. The molecule has 1 aliphatic rings. The van der Waals surface area contributed by atoms with Gasteiger partial charge in [0.15, 0.2) is 0 Å². The Balaban J connectivity index is 1.34. The van der Waals surface area contributed by atoms with Gasteiger partial charge in [0.05, 0.1) is 31.3 Å². The molecule has 1 heterocycles. The van der Waals surface area contributed by atoms with Gasteiger partial charge >= 0.3 is 0 Å². The van der Waals surface area contributed by atoms with E-state index in [-0.39, 0.29) is 17.6 Å². The number of aryl methyl sites for hydroxylation is 2. The Morgan fingerprint density at radius 1 is 0.789 bits per heavy atom. The maximum absolute atomic E-state index is 13.6. The maximum atomic E-state index is 13.6. The van der Waals surface area contributed by atoms with E-state index in [2.05, 4.69) is 17.4 Å². The first-order chi connectivity index (χ1) is 18.6. The second kappa shape index (κ2) is 11.4. The van der Waals surface area contributed by atoms with Crippen LogP contribution < -0.4 is 19.7 Å². The Labute approximate surface area is 226 Å². The van der Waals surface area contributed by atoms with Crippen molar-refractivity contribution in [3.05, 3.63) is 108 Å². The number of fused-ring (bicyclic) bond motifs is 2. The smallest absolute Gasteiger partial charge is 0.263 e. The predicted octanol–water partition coefficient (Wildman–Crippen LogP) is 6.51. The summed E-state index contributed by atoms with van der Waals surface area (Å²) in [5.41, 5.74) is 5.15. The number of thioether (sulfide) groups is 1. The Hall–Kier alpha value is -4.23. The number of carbonyl (C=O) groups excluding carboxylic acids is 2. The third-order valence-electron chi connectivity index (χ3n) is 6.49. The molecule has 5 rings (SSSR count). The quantitative estimate of drug-likeness (QED) is 0.279. The molecule has 7 heteroatoms. The van der Waals surface area contributed by atoms with E-state index in [9.17, 15) is 9.59 Å². The van der Waals surface area contributed by atoms with Gasteiger partial charge in [-0.25, -0.2) is 0 Å². The van der Waals surface area contributed by atoms with Crippen LogP contribution in [0.1, 0.15) is 21.5 Å². The molecule has 0 fully saturated rings. The van der Waals surface area contributed by atoms with Gasteiger partial charge in [0.1, 0.15) is 17.1 Å². The second-order valence-electron chi connectivity index (χ2n) is 8.79. The Morgan fingerprint density at radius 3 is 1.97 bits per heavy atom. The number of rotatable bonds is 7. The van der Waals surface area contributed by atoms with Crippen LogP contribution in [0.25, 0.3) is 0 Å². The summed E-state index contributed by atoms with van der Waals surface area (Å²) in [5.74, 6) is 0.771. The molecule has 192 valence electrons. The summed E-state index contributed by atoms with van der Waals surface area (Å²) >= 11 is 1.44. The van der Waals surface area contributed by atoms with Crippen LogP contribution in [0.5, 0.6) is 11.5 Å². The average Bonchev–Trinajstić information content (AvgIpc) is 3.12. The van der Waals surface area contributed by atoms with E-state index in [1.54, 1.807) is 18.2 Å². The minimum Gasteiger partial charge on any atom is -0.496 e. The van der Waals surface area contributed by atoms with Gasteiger partial charge in [-0.05, 0) is 66.4 Å². The van der Waals surface area contributed by atoms with E-state index in [1.807, 2.05) is 65.6 Å². The predicted molar refractivity (Wildman–Crippen MR) is 152 cm³/mol. The van der Waals surface area contributed by atoms with Crippen LogP contribution in [0.4, 0.5) is 17.1 Å². The molecule has 0 radical (unpaired) electrons. The first kappa shape index (κ1) is 25.4. The van der Waals surface area contributed by atoms with E-state index in [0.29, 0.717) is 22.7 Å². The lowest BCUT2D eigenvalue weighted by molar-refractivity contribution is -0.115. The molecule has 0 saturated carbocycles. The number of benzene rings is 4. The summed E-state index contributed by atoms with van der Waals surface area (Å²) < 4.78 is 10.7. The minimum absolute atomic E-state index is 0.00463. The Morgan fingerprint density at radius 2 is 1.37 bits per heavy atom. The lowest BCUT2D eigenvalue weighted by Crippen LogP contribution is -2.28. The van der Waals surface area contributed by atoms with Crippen molar-refractivity contribution >= 4 is 40.6 Å². The summed E-state index contributed by atoms with van der Waals surface area (Å²) in [4.78, 5) is 29.5. The number of methoxy groups -OCH3 is 2. The number of hydrogen-bond donors (Lipinski definition) is 1. The number of hydrogen-bond acceptors (Lipinski definition) is 5. The average molecular weight is 525 g/mol. The molecule has 1 aliphatic heterocycles. The number of carbonyl (C=O) groups is 2. The van der Waals surface area contributed by atoms with E-state index < -0.39 is 0 Å². The molecule has 0 atom stereocenters. The highest BCUT2D eigenvalue weighted by Gasteiger charge is 2.25. The first-order valence-corrected chi connectivity index (χ1v) is 13.3. The van der Waals surface area contributed by atoms with Gasteiger partial charge in [0, 0.05) is 10.6 Å². The highest BCUT2D eigenvalue weighted by molar-refractivity contribution is 8.00. The van der Waals surface area contributed by atoms with Crippen molar-refractivity contribution in [2.45, 2.75) is 17.7 Å². The van der Waals surface area contributed by atoms with Gasteiger partial charge in [-0.1, -0.05) is 48.5 Å². The number of nitrogens with zero attached hydrogens (tertiary/aromatic N) is 1. The van der Waals surface area contributed by atoms with Crippen LogP contribution in [0.15, 0.2) is 95.9 Å². The van der Waals surface area contributed by atoms with E-state index >= 15 is 0 Å². The lowest BCUT2D eigenvalue weighted by atomic mass is 10.0. The van der Waals surface area contributed by atoms with Crippen molar-refractivity contribution < 1.29 is 19.1 Å². The summed E-state index contributed by atoms with van der Waals surface area (Å²) in [5, 5.41) is 2.93. The molecule has 2 amide bonds. The van der Waals surface area contributed by atoms with Crippen molar-refractivity contribution in [3.8, 4) is 11.5 Å². The molecular formula is C31H28N2O4S. The zero-order chi connectivity index (χ0) is 26.5. The second-order valence-corrected chi connectivity index (χ2v) is 9.84. The fraction of sp³-hybridized carbons (Fsp3) is 0.161. The van der Waals surface area contributed by atoms with E-state index in [0.717, 1.165) is 29.1 Å². The van der Waals surface area contributed by atoms with E-state index in [4.69, 9.17) is 9.47 Å². The van der Waals surface area contributed by atoms with Gasteiger partial charge in [-0.2, -0.15) is 0 Å².